The smallest absolute Gasteiger partial charge is 0.336 e. The monoisotopic (exact) mass is 284 g/mol. The molecule has 0 atom stereocenters. The van der Waals surface area contributed by atoms with Gasteiger partial charge >= 0.3 is 5.97 Å². The third-order valence-corrected chi connectivity index (χ3v) is 3.21. The molecule has 3 aromatic rings. The third kappa shape index (κ3) is 2.20. The average molecular weight is 284 g/mol. The van der Waals surface area contributed by atoms with Gasteiger partial charge in [-0.15, -0.1) is 0 Å². The lowest BCUT2D eigenvalue weighted by Gasteiger charge is -2.05. The topological polar surface area (TPSA) is 85.5 Å². The van der Waals surface area contributed by atoms with E-state index in [4.69, 9.17) is 9.26 Å². The number of carboxylic acids is 1. The molecule has 0 fully saturated rings. The summed E-state index contributed by atoms with van der Waals surface area (Å²) in [5.74, 6) is -0.377. The van der Waals surface area contributed by atoms with E-state index in [2.05, 4.69) is 10.1 Å². The van der Waals surface area contributed by atoms with Crippen molar-refractivity contribution in [2.24, 2.45) is 0 Å². The van der Waals surface area contributed by atoms with Crippen LogP contribution >= 0.6 is 0 Å². The fourth-order valence-corrected chi connectivity index (χ4v) is 2.19. The molecular weight excluding hydrogens is 272 g/mol. The molecule has 0 bridgehead atoms. The predicted molar refractivity (Wildman–Crippen MR) is 75.5 cm³/mol. The number of ether oxygens (including phenoxy) is 1. The zero-order chi connectivity index (χ0) is 15.0. The number of aryl methyl sites for hydroxylation is 1. The van der Waals surface area contributed by atoms with E-state index in [9.17, 15) is 9.90 Å². The molecule has 0 saturated heterocycles. The zero-order valence-electron chi connectivity index (χ0n) is 11.5. The molecule has 0 spiro atoms. The fraction of sp³-hybridized carbons (Fsp3) is 0.133. The minimum absolute atomic E-state index is 0.122. The molecule has 6 heteroatoms. The molecule has 0 aliphatic carbocycles. The van der Waals surface area contributed by atoms with Gasteiger partial charge in [-0.2, -0.15) is 0 Å². The summed E-state index contributed by atoms with van der Waals surface area (Å²) in [6, 6.07) is 8.74. The summed E-state index contributed by atoms with van der Waals surface area (Å²) < 4.78 is 10.3. The first-order valence-corrected chi connectivity index (χ1v) is 6.25. The lowest BCUT2D eigenvalue weighted by atomic mass is 10.1. The minimum Gasteiger partial charge on any atom is -0.497 e. The summed E-state index contributed by atoms with van der Waals surface area (Å²) >= 11 is 0. The molecule has 0 unspecified atom stereocenters. The second kappa shape index (κ2) is 4.90. The largest absolute Gasteiger partial charge is 0.497 e. The Morgan fingerprint density at radius 2 is 2.14 bits per heavy atom. The van der Waals surface area contributed by atoms with Crippen molar-refractivity contribution < 1.29 is 19.2 Å². The third-order valence-electron chi connectivity index (χ3n) is 3.21. The summed E-state index contributed by atoms with van der Waals surface area (Å²) in [4.78, 5) is 15.8. The first-order chi connectivity index (χ1) is 10.1. The molecule has 1 N–H and O–H groups in total. The van der Waals surface area contributed by atoms with Crippen LogP contribution < -0.4 is 4.74 Å². The number of rotatable bonds is 3. The molecule has 0 aliphatic rings. The van der Waals surface area contributed by atoms with Crippen molar-refractivity contribution >= 4 is 17.1 Å². The molecule has 2 aromatic heterocycles. The van der Waals surface area contributed by atoms with Crippen LogP contribution in [0.15, 0.2) is 34.9 Å². The van der Waals surface area contributed by atoms with Crippen molar-refractivity contribution in [3.63, 3.8) is 0 Å². The van der Waals surface area contributed by atoms with Crippen molar-refractivity contribution in [3.05, 3.63) is 41.6 Å². The maximum atomic E-state index is 11.4. The number of pyridine rings is 1. The van der Waals surface area contributed by atoms with E-state index >= 15 is 0 Å². The fourth-order valence-electron chi connectivity index (χ4n) is 2.19. The summed E-state index contributed by atoms with van der Waals surface area (Å²) in [6.07, 6.45) is 0. The Hall–Kier alpha value is -2.89. The van der Waals surface area contributed by atoms with Crippen molar-refractivity contribution in [1.29, 1.82) is 0 Å². The predicted octanol–water partition coefficient (Wildman–Crippen LogP) is 2.91. The maximum absolute atomic E-state index is 11.4. The van der Waals surface area contributed by atoms with Gasteiger partial charge in [0.25, 0.3) is 5.71 Å². The second-order valence-corrected chi connectivity index (χ2v) is 4.54. The molecule has 0 saturated carbocycles. The van der Waals surface area contributed by atoms with Crippen molar-refractivity contribution in [2.75, 3.05) is 7.11 Å². The lowest BCUT2D eigenvalue weighted by molar-refractivity contribution is 0.0699. The van der Waals surface area contributed by atoms with Crippen LogP contribution in [0.2, 0.25) is 0 Å². The van der Waals surface area contributed by atoms with Gasteiger partial charge < -0.3 is 14.4 Å². The average Bonchev–Trinajstić information content (AvgIpc) is 2.88. The highest BCUT2D eigenvalue weighted by Gasteiger charge is 2.18. The van der Waals surface area contributed by atoms with E-state index in [1.165, 1.54) is 6.07 Å². The molecule has 21 heavy (non-hydrogen) atoms. The zero-order valence-corrected chi connectivity index (χ0v) is 11.5. The van der Waals surface area contributed by atoms with Gasteiger partial charge in [-0.1, -0.05) is 17.3 Å². The number of nitrogens with zero attached hydrogens (tertiary/aromatic N) is 2. The number of methoxy groups -OCH3 is 1. The van der Waals surface area contributed by atoms with E-state index in [0.29, 0.717) is 22.5 Å². The standard InChI is InChI=1S/C15H12N2O4/c1-8-13-11(15(18)19)7-12(16-14(13)21-17-8)9-4-3-5-10(6-9)20-2/h3-7H,1-2H3,(H,18,19). The van der Waals surface area contributed by atoms with Gasteiger partial charge in [0.15, 0.2) is 0 Å². The van der Waals surface area contributed by atoms with Gasteiger partial charge in [0.05, 0.1) is 29.4 Å². The Balaban J connectivity index is 2.26. The molecule has 6 nitrogen and oxygen atoms in total. The molecule has 106 valence electrons. The van der Waals surface area contributed by atoms with Crippen LogP contribution in [0.5, 0.6) is 5.75 Å². The number of hydrogen-bond acceptors (Lipinski definition) is 5. The summed E-state index contributed by atoms with van der Waals surface area (Å²) in [5.41, 5.74) is 2.08. The van der Waals surface area contributed by atoms with E-state index < -0.39 is 5.97 Å². The lowest BCUT2D eigenvalue weighted by Crippen LogP contribution is -2.00. The second-order valence-electron chi connectivity index (χ2n) is 4.54. The molecule has 0 aliphatic heterocycles. The van der Waals surface area contributed by atoms with Gasteiger partial charge in [-0.05, 0) is 25.1 Å². The molecule has 1 aromatic carbocycles. The summed E-state index contributed by atoms with van der Waals surface area (Å²) in [5, 5.41) is 13.6. The van der Waals surface area contributed by atoms with Crippen LogP contribution in [0.4, 0.5) is 0 Å². The van der Waals surface area contributed by atoms with Crippen LogP contribution in [0.1, 0.15) is 16.1 Å². The Labute approximate surface area is 120 Å². The van der Waals surface area contributed by atoms with Crippen LogP contribution in [0.25, 0.3) is 22.4 Å². The summed E-state index contributed by atoms with van der Waals surface area (Å²) in [6.45, 7) is 1.69. The number of hydrogen-bond donors (Lipinski definition) is 1. The SMILES string of the molecule is COc1cccc(-c2cc(C(=O)O)c3c(C)noc3n2)c1. The highest BCUT2D eigenvalue weighted by atomic mass is 16.5. The molecule has 3 rings (SSSR count). The van der Waals surface area contributed by atoms with Crippen LogP contribution in [-0.2, 0) is 0 Å². The van der Waals surface area contributed by atoms with E-state index in [-0.39, 0.29) is 11.3 Å². The van der Waals surface area contributed by atoms with Crippen LogP contribution in [0.3, 0.4) is 0 Å². The first kappa shape index (κ1) is 13.1. The number of aromatic carboxylic acids is 1. The van der Waals surface area contributed by atoms with Gasteiger partial charge in [0, 0.05) is 5.56 Å². The first-order valence-electron chi connectivity index (χ1n) is 6.25. The maximum Gasteiger partial charge on any atom is 0.336 e. The Morgan fingerprint density at radius 1 is 1.33 bits per heavy atom. The number of carboxylic acid groups (broad SMARTS) is 1. The molecular formula is C15H12N2O4. The number of fused-ring (bicyclic) bond motifs is 1. The van der Waals surface area contributed by atoms with E-state index in [0.717, 1.165) is 5.56 Å². The molecule has 2 heterocycles. The van der Waals surface area contributed by atoms with Crippen LogP contribution in [-0.4, -0.2) is 28.3 Å². The Bertz CT molecular complexity index is 839. The van der Waals surface area contributed by atoms with E-state index in [1.807, 2.05) is 12.1 Å². The van der Waals surface area contributed by atoms with Gasteiger partial charge in [-0.25, -0.2) is 9.78 Å². The molecule has 0 amide bonds. The van der Waals surface area contributed by atoms with E-state index in [1.54, 1.807) is 26.2 Å². The highest BCUT2D eigenvalue weighted by Crippen LogP contribution is 2.28. The number of aromatic nitrogens is 2. The Kier molecular flexibility index (Phi) is 3.06. The highest BCUT2D eigenvalue weighted by molar-refractivity contribution is 6.03. The van der Waals surface area contributed by atoms with Crippen molar-refractivity contribution in [3.8, 4) is 17.0 Å². The van der Waals surface area contributed by atoms with Gasteiger partial charge in [-0.3, -0.25) is 0 Å². The quantitative estimate of drug-likeness (QED) is 0.796. The minimum atomic E-state index is -1.04. The van der Waals surface area contributed by atoms with Gasteiger partial charge in [0.2, 0.25) is 0 Å². The number of benzene rings is 1. The van der Waals surface area contributed by atoms with Crippen molar-refractivity contribution in [2.45, 2.75) is 6.92 Å². The normalized spacial score (nSPS) is 10.8. The van der Waals surface area contributed by atoms with Gasteiger partial charge in [0.1, 0.15) is 5.75 Å². The number of carbonyl (C=O) groups is 1. The summed E-state index contributed by atoms with van der Waals surface area (Å²) in [7, 11) is 1.57. The van der Waals surface area contributed by atoms with Crippen molar-refractivity contribution in [1.82, 2.24) is 10.1 Å². The Morgan fingerprint density at radius 3 is 2.86 bits per heavy atom. The van der Waals surface area contributed by atoms with Crippen LogP contribution in [0, 0.1) is 6.92 Å². The molecule has 0 radical (unpaired) electrons.